The molecule has 1 rings (SSSR count). The number of unbranched alkanes of at least 4 members (excludes halogenated alkanes) is 1. The van der Waals surface area contributed by atoms with Crippen LogP contribution in [-0.4, -0.2) is 18.3 Å². The molecule has 0 aromatic heterocycles. The number of esters is 1. The SMILES string of the molecule is CCCCOC(=O)CSCc1cccc(C#N)c1. The van der Waals surface area contributed by atoms with Crippen molar-refractivity contribution in [3.63, 3.8) is 0 Å². The van der Waals surface area contributed by atoms with E-state index in [0.29, 0.717) is 17.9 Å². The van der Waals surface area contributed by atoms with Crippen LogP contribution in [0, 0.1) is 11.3 Å². The number of carbonyl (C=O) groups is 1. The fraction of sp³-hybridized carbons (Fsp3) is 0.429. The minimum atomic E-state index is -0.162. The number of ether oxygens (including phenoxy) is 1. The monoisotopic (exact) mass is 263 g/mol. The van der Waals surface area contributed by atoms with E-state index in [0.717, 1.165) is 24.2 Å². The normalized spacial score (nSPS) is 9.78. The lowest BCUT2D eigenvalue weighted by molar-refractivity contribution is -0.140. The highest BCUT2D eigenvalue weighted by Gasteiger charge is 2.03. The number of carbonyl (C=O) groups excluding carboxylic acids is 1. The van der Waals surface area contributed by atoms with Crippen molar-refractivity contribution in [1.82, 2.24) is 0 Å². The van der Waals surface area contributed by atoms with Gasteiger partial charge in [-0.2, -0.15) is 5.26 Å². The summed E-state index contributed by atoms with van der Waals surface area (Å²) in [4.78, 5) is 11.3. The molecule has 0 N–H and O–H groups in total. The molecule has 0 aliphatic rings. The lowest BCUT2D eigenvalue weighted by Crippen LogP contribution is -2.08. The van der Waals surface area contributed by atoms with Gasteiger partial charge in [-0.25, -0.2) is 0 Å². The lowest BCUT2D eigenvalue weighted by atomic mass is 10.2. The maximum atomic E-state index is 11.3. The van der Waals surface area contributed by atoms with Crippen molar-refractivity contribution in [2.24, 2.45) is 0 Å². The maximum absolute atomic E-state index is 11.3. The molecule has 0 fully saturated rings. The van der Waals surface area contributed by atoms with Gasteiger partial charge in [0.15, 0.2) is 0 Å². The van der Waals surface area contributed by atoms with Gasteiger partial charge < -0.3 is 4.74 Å². The van der Waals surface area contributed by atoms with Crippen LogP contribution in [0.2, 0.25) is 0 Å². The van der Waals surface area contributed by atoms with E-state index in [9.17, 15) is 4.79 Å². The van der Waals surface area contributed by atoms with Gasteiger partial charge in [-0.3, -0.25) is 4.79 Å². The van der Waals surface area contributed by atoms with Crippen molar-refractivity contribution < 1.29 is 9.53 Å². The van der Waals surface area contributed by atoms with Gasteiger partial charge in [0.1, 0.15) is 0 Å². The molecule has 0 radical (unpaired) electrons. The van der Waals surface area contributed by atoms with Gasteiger partial charge in [-0.05, 0) is 24.1 Å². The predicted molar refractivity (Wildman–Crippen MR) is 73.2 cm³/mol. The van der Waals surface area contributed by atoms with Crippen molar-refractivity contribution in [2.75, 3.05) is 12.4 Å². The van der Waals surface area contributed by atoms with Crippen molar-refractivity contribution in [3.8, 4) is 6.07 Å². The fourth-order valence-electron chi connectivity index (χ4n) is 1.35. The Hall–Kier alpha value is -1.47. The Bertz CT molecular complexity index is 426. The van der Waals surface area contributed by atoms with Crippen LogP contribution in [-0.2, 0) is 15.3 Å². The maximum Gasteiger partial charge on any atom is 0.315 e. The largest absolute Gasteiger partial charge is 0.465 e. The molecule has 1 aromatic carbocycles. The molecule has 18 heavy (non-hydrogen) atoms. The van der Waals surface area contributed by atoms with Crippen LogP contribution in [0.3, 0.4) is 0 Å². The van der Waals surface area contributed by atoms with Crippen LogP contribution in [0.1, 0.15) is 30.9 Å². The summed E-state index contributed by atoms with van der Waals surface area (Å²) in [7, 11) is 0. The van der Waals surface area contributed by atoms with Crippen LogP contribution >= 0.6 is 11.8 Å². The molecule has 0 amide bonds. The fourth-order valence-corrected chi connectivity index (χ4v) is 2.12. The highest BCUT2D eigenvalue weighted by Crippen LogP contribution is 2.13. The summed E-state index contributed by atoms with van der Waals surface area (Å²) in [6.07, 6.45) is 1.95. The highest BCUT2D eigenvalue weighted by molar-refractivity contribution is 7.99. The third-order valence-electron chi connectivity index (χ3n) is 2.31. The second-order valence-electron chi connectivity index (χ2n) is 3.88. The van der Waals surface area contributed by atoms with Crippen LogP contribution in [0.4, 0.5) is 0 Å². The van der Waals surface area contributed by atoms with Gasteiger partial charge in [0.2, 0.25) is 0 Å². The van der Waals surface area contributed by atoms with E-state index in [-0.39, 0.29) is 5.97 Å². The third kappa shape index (κ3) is 5.74. The van der Waals surface area contributed by atoms with E-state index in [4.69, 9.17) is 10.00 Å². The van der Waals surface area contributed by atoms with Gasteiger partial charge in [-0.15, -0.1) is 11.8 Å². The highest BCUT2D eigenvalue weighted by atomic mass is 32.2. The number of rotatable bonds is 7. The van der Waals surface area contributed by atoms with Crippen molar-refractivity contribution in [1.29, 1.82) is 5.26 Å². The summed E-state index contributed by atoms with van der Waals surface area (Å²) in [5.41, 5.74) is 1.71. The summed E-state index contributed by atoms with van der Waals surface area (Å²) in [6, 6.07) is 9.52. The van der Waals surface area contributed by atoms with Gasteiger partial charge in [0.25, 0.3) is 0 Å². The zero-order chi connectivity index (χ0) is 13.2. The summed E-state index contributed by atoms with van der Waals surface area (Å²) in [6.45, 7) is 2.57. The molecular weight excluding hydrogens is 246 g/mol. The molecule has 0 heterocycles. The molecule has 0 bridgehead atoms. The van der Waals surface area contributed by atoms with Gasteiger partial charge in [0, 0.05) is 5.75 Å². The minimum Gasteiger partial charge on any atom is -0.465 e. The zero-order valence-electron chi connectivity index (χ0n) is 10.5. The first kappa shape index (κ1) is 14.6. The van der Waals surface area contributed by atoms with Crippen molar-refractivity contribution >= 4 is 17.7 Å². The standard InChI is InChI=1S/C14H17NO2S/c1-2-3-7-17-14(16)11-18-10-13-6-4-5-12(8-13)9-15/h4-6,8H,2-3,7,10-11H2,1H3. The average molecular weight is 263 g/mol. The van der Waals surface area contributed by atoms with Crippen LogP contribution < -0.4 is 0 Å². The molecule has 0 aliphatic carbocycles. The summed E-state index contributed by atoms with van der Waals surface area (Å²) < 4.78 is 5.05. The van der Waals surface area contributed by atoms with E-state index >= 15 is 0 Å². The molecule has 4 heteroatoms. The molecule has 0 unspecified atom stereocenters. The molecule has 0 saturated carbocycles. The number of hydrogen-bond acceptors (Lipinski definition) is 4. The summed E-state index contributed by atoms with van der Waals surface area (Å²) in [5, 5.41) is 8.77. The minimum absolute atomic E-state index is 0.162. The topological polar surface area (TPSA) is 50.1 Å². The molecular formula is C14H17NO2S. The van der Waals surface area contributed by atoms with Crippen LogP contribution in [0.5, 0.6) is 0 Å². The van der Waals surface area contributed by atoms with E-state index in [1.807, 2.05) is 18.2 Å². The van der Waals surface area contributed by atoms with Crippen LogP contribution in [0.15, 0.2) is 24.3 Å². The Labute approximate surface area is 112 Å². The Morgan fingerprint density at radius 1 is 1.50 bits per heavy atom. The van der Waals surface area contributed by atoms with Crippen molar-refractivity contribution in [2.45, 2.75) is 25.5 Å². The Morgan fingerprint density at radius 2 is 2.33 bits per heavy atom. The molecule has 0 atom stereocenters. The quantitative estimate of drug-likeness (QED) is 0.560. The van der Waals surface area contributed by atoms with Gasteiger partial charge in [-0.1, -0.05) is 25.5 Å². The molecule has 0 aliphatic heterocycles. The smallest absolute Gasteiger partial charge is 0.315 e. The van der Waals surface area contributed by atoms with E-state index in [2.05, 4.69) is 13.0 Å². The number of thioether (sulfide) groups is 1. The molecule has 96 valence electrons. The lowest BCUT2D eigenvalue weighted by Gasteiger charge is -2.04. The van der Waals surface area contributed by atoms with Gasteiger partial charge in [0.05, 0.1) is 24.0 Å². The number of nitrogens with zero attached hydrogens (tertiary/aromatic N) is 1. The average Bonchev–Trinajstić information content (AvgIpc) is 2.39. The Balaban J connectivity index is 2.24. The Morgan fingerprint density at radius 3 is 3.06 bits per heavy atom. The van der Waals surface area contributed by atoms with Gasteiger partial charge >= 0.3 is 5.97 Å². The second kappa shape index (κ2) is 8.60. The number of nitriles is 1. The number of hydrogen-bond donors (Lipinski definition) is 0. The molecule has 0 spiro atoms. The molecule has 0 saturated heterocycles. The van der Waals surface area contributed by atoms with E-state index < -0.39 is 0 Å². The summed E-state index contributed by atoms with van der Waals surface area (Å²) >= 11 is 1.51. The van der Waals surface area contributed by atoms with E-state index in [1.54, 1.807) is 6.07 Å². The zero-order valence-corrected chi connectivity index (χ0v) is 11.3. The first-order valence-electron chi connectivity index (χ1n) is 5.98. The summed E-state index contributed by atoms with van der Waals surface area (Å²) in [5.74, 6) is 0.920. The molecule has 1 aromatic rings. The Kier molecular flexibility index (Phi) is 6.97. The number of benzene rings is 1. The third-order valence-corrected chi connectivity index (χ3v) is 3.28. The molecule has 3 nitrogen and oxygen atoms in total. The van der Waals surface area contributed by atoms with E-state index in [1.165, 1.54) is 11.8 Å². The van der Waals surface area contributed by atoms with Crippen LogP contribution in [0.25, 0.3) is 0 Å². The first-order chi connectivity index (χ1) is 8.76. The predicted octanol–water partition coefficient (Wildman–Crippen LogP) is 3.13. The first-order valence-corrected chi connectivity index (χ1v) is 7.14. The second-order valence-corrected chi connectivity index (χ2v) is 4.86. The van der Waals surface area contributed by atoms with Crippen molar-refractivity contribution in [3.05, 3.63) is 35.4 Å².